The zero-order chi connectivity index (χ0) is 13.7. The summed E-state index contributed by atoms with van der Waals surface area (Å²) in [5, 5.41) is 11.3. The highest BCUT2D eigenvalue weighted by molar-refractivity contribution is 5.58. The minimum absolute atomic E-state index is 0.269. The number of nitrogens with zero attached hydrogens (tertiary/aromatic N) is 2. The van der Waals surface area contributed by atoms with E-state index >= 15 is 0 Å². The van der Waals surface area contributed by atoms with Gasteiger partial charge in [-0.2, -0.15) is 0 Å². The molecule has 0 spiro atoms. The Morgan fingerprint density at radius 3 is 2.58 bits per heavy atom. The standard InChI is InChI=1S/C14H19N3O2/c1-4-13-16-17-14(19-13)11-5-7-12(8-6-11)15-10(2)9-18-3/h5-8,10,15H,4,9H2,1-3H3/t10-/m0/s1. The normalized spacial score (nSPS) is 12.4. The quantitative estimate of drug-likeness (QED) is 0.866. The Morgan fingerprint density at radius 1 is 1.26 bits per heavy atom. The average molecular weight is 261 g/mol. The molecule has 0 unspecified atom stereocenters. The number of nitrogens with one attached hydrogen (secondary N) is 1. The van der Waals surface area contributed by atoms with Gasteiger partial charge in [-0.1, -0.05) is 6.92 Å². The van der Waals surface area contributed by atoms with Crippen molar-refractivity contribution >= 4 is 5.69 Å². The van der Waals surface area contributed by atoms with Crippen molar-refractivity contribution in [2.45, 2.75) is 26.3 Å². The smallest absolute Gasteiger partial charge is 0.247 e. The van der Waals surface area contributed by atoms with E-state index in [-0.39, 0.29) is 6.04 Å². The van der Waals surface area contributed by atoms with E-state index in [0.717, 1.165) is 17.7 Å². The van der Waals surface area contributed by atoms with E-state index in [9.17, 15) is 0 Å². The van der Waals surface area contributed by atoms with E-state index in [4.69, 9.17) is 9.15 Å². The van der Waals surface area contributed by atoms with Crippen LogP contribution in [0.15, 0.2) is 28.7 Å². The Balaban J connectivity index is 2.05. The summed E-state index contributed by atoms with van der Waals surface area (Å²) < 4.78 is 10.6. The Hall–Kier alpha value is -1.88. The van der Waals surface area contributed by atoms with Crippen molar-refractivity contribution in [1.82, 2.24) is 10.2 Å². The topological polar surface area (TPSA) is 60.2 Å². The van der Waals surface area contributed by atoms with Crippen LogP contribution in [0.25, 0.3) is 11.5 Å². The molecule has 0 saturated carbocycles. The van der Waals surface area contributed by atoms with E-state index in [1.165, 1.54) is 0 Å². The van der Waals surface area contributed by atoms with Crippen LogP contribution in [0.3, 0.4) is 0 Å². The van der Waals surface area contributed by atoms with Gasteiger partial charge in [0.2, 0.25) is 11.8 Å². The lowest BCUT2D eigenvalue weighted by atomic mass is 10.2. The van der Waals surface area contributed by atoms with Crippen LogP contribution in [0.5, 0.6) is 0 Å². The molecule has 0 radical (unpaired) electrons. The Kier molecular flexibility index (Phi) is 4.52. The average Bonchev–Trinajstić information content (AvgIpc) is 2.88. The van der Waals surface area contributed by atoms with E-state index in [0.29, 0.717) is 18.4 Å². The number of anilines is 1. The second-order valence-corrected chi connectivity index (χ2v) is 4.43. The molecule has 0 aliphatic carbocycles. The maximum absolute atomic E-state index is 5.52. The molecule has 0 fully saturated rings. The van der Waals surface area contributed by atoms with Gasteiger partial charge in [0, 0.05) is 30.8 Å². The van der Waals surface area contributed by atoms with Crippen molar-refractivity contribution in [2.75, 3.05) is 19.0 Å². The molecule has 0 bridgehead atoms. The first-order valence-electron chi connectivity index (χ1n) is 6.41. The molecule has 1 aromatic heterocycles. The summed E-state index contributed by atoms with van der Waals surface area (Å²) in [6, 6.07) is 8.20. The third-order valence-corrected chi connectivity index (χ3v) is 2.73. The highest BCUT2D eigenvalue weighted by Crippen LogP contribution is 2.20. The van der Waals surface area contributed by atoms with Gasteiger partial charge >= 0.3 is 0 Å². The summed E-state index contributed by atoms with van der Waals surface area (Å²) in [7, 11) is 1.70. The first kappa shape index (κ1) is 13.5. The van der Waals surface area contributed by atoms with E-state index in [1.54, 1.807) is 7.11 Å². The molecule has 1 heterocycles. The highest BCUT2D eigenvalue weighted by Gasteiger charge is 2.07. The molecule has 102 valence electrons. The van der Waals surface area contributed by atoms with Crippen molar-refractivity contribution in [2.24, 2.45) is 0 Å². The number of hydrogen-bond acceptors (Lipinski definition) is 5. The number of ether oxygens (including phenoxy) is 1. The van der Waals surface area contributed by atoms with Crippen LogP contribution in [0, 0.1) is 0 Å². The Morgan fingerprint density at radius 2 is 2.00 bits per heavy atom. The van der Waals surface area contributed by atoms with Gasteiger partial charge in [-0.15, -0.1) is 10.2 Å². The number of rotatable bonds is 6. The van der Waals surface area contributed by atoms with Gasteiger partial charge in [-0.25, -0.2) is 0 Å². The fourth-order valence-corrected chi connectivity index (χ4v) is 1.80. The summed E-state index contributed by atoms with van der Waals surface area (Å²) in [6.45, 7) is 4.73. The minimum atomic E-state index is 0.269. The van der Waals surface area contributed by atoms with Gasteiger partial charge in [-0.05, 0) is 31.2 Å². The summed E-state index contributed by atoms with van der Waals surface area (Å²) in [5.41, 5.74) is 1.97. The van der Waals surface area contributed by atoms with Gasteiger partial charge < -0.3 is 14.5 Å². The first-order valence-corrected chi connectivity index (χ1v) is 6.41. The van der Waals surface area contributed by atoms with Crippen molar-refractivity contribution < 1.29 is 9.15 Å². The zero-order valence-corrected chi connectivity index (χ0v) is 11.5. The molecule has 0 aliphatic rings. The third-order valence-electron chi connectivity index (χ3n) is 2.73. The number of methoxy groups -OCH3 is 1. The molecule has 1 atom stereocenters. The van der Waals surface area contributed by atoms with Gasteiger partial charge in [0.15, 0.2) is 0 Å². The molecule has 1 aromatic carbocycles. The van der Waals surface area contributed by atoms with Gasteiger partial charge in [0.25, 0.3) is 0 Å². The van der Waals surface area contributed by atoms with Crippen molar-refractivity contribution in [3.05, 3.63) is 30.2 Å². The van der Waals surface area contributed by atoms with Gasteiger partial charge in [0.1, 0.15) is 0 Å². The molecular weight excluding hydrogens is 242 g/mol. The fraction of sp³-hybridized carbons (Fsp3) is 0.429. The van der Waals surface area contributed by atoms with Gasteiger partial charge in [0.05, 0.1) is 6.61 Å². The molecular formula is C14H19N3O2. The predicted molar refractivity (Wildman–Crippen MR) is 74.1 cm³/mol. The summed E-state index contributed by atoms with van der Waals surface area (Å²) >= 11 is 0. The Labute approximate surface area is 113 Å². The molecule has 0 aliphatic heterocycles. The Bertz CT molecular complexity index is 508. The van der Waals surface area contributed by atoms with E-state index < -0.39 is 0 Å². The van der Waals surface area contributed by atoms with Crippen LogP contribution >= 0.6 is 0 Å². The minimum Gasteiger partial charge on any atom is -0.421 e. The van der Waals surface area contributed by atoms with Crippen LogP contribution in [0.2, 0.25) is 0 Å². The summed E-state index contributed by atoms with van der Waals surface area (Å²) in [5.74, 6) is 1.22. The second kappa shape index (κ2) is 6.33. The number of hydrogen-bond donors (Lipinski definition) is 1. The van der Waals surface area contributed by atoms with Crippen molar-refractivity contribution in [3.63, 3.8) is 0 Å². The van der Waals surface area contributed by atoms with Crippen molar-refractivity contribution in [1.29, 1.82) is 0 Å². The maximum atomic E-state index is 5.52. The monoisotopic (exact) mass is 261 g/mol. The van der Waals surface area contributed by atoms with Crippen LogP contribution in [0.1, 0.15) is 19.7 Å². The van der Waals surface area contributed by atoms with Crippen LogP contribution in [-0.4, -0.2) is 30.0 Å². The van der Waals surface area contributed by atoms with Crippen LogP contribution in [0.4, 0.5) is 5.69 Å². The molecule has 2 rings (SSSR count). The lowest BCUT2D eigenvalue weighted by molar-refractivity contribution is 0.190. The second-order valence-electron chi connectivity index (χ2n) is 4.43. The summed E-state index contributed by atoms with van der Waals surface area (Å²) in [4.78, 5) is 0. The highest BCUT2D eigenvalue weighted by atomic mass is 16.5. The third kappa shape index (κ3) is 3.54. The van der Waals surface area contributed by atoms with Crippen LogP contribution < -0.4 is 5.32 Å². The molecule has 2 aromatic rings. The first-order chi connectivity index (χ1) is 9.22. The molecule has 19 heavy (non-hydrogen) atoms. The SMILES string of the molecule is CCc1nnc(-c2ccc(N[C@@H](C)COC)cc2)o1. The number of aryl methyl sites for hydroxylation is 1. The zero-order valence-electron chi connectivity index (χ0n) is 11.5. The molecule has 0 saturated heterocycles. The molecule has 5 heteroatoms. The predicted octanol–water partition coefficient (Wildman–Crippen LogP) is 2.75. The fourth-order valence-electron chi connectivity index (χ4n) is 1.80. The summed E-state index contributed by atoms with van der Waals surface area (Å²) in [6.07, 6.45) is 0.751. The molecule has 0 amide bonds. The van der Waals surface area contributed by atoms with Crippen molar-refractivity contribution in [3.8, 4) is 11.5 Å². The van der Waals surface area contributed by atoms with Gasteiger partial charge in [-0.3, -0.25) is 0 Å². The number of aromatic nitrogens is 2. The number of benzene rings is 1. The van der Waals surface area contributed by atoms with E-state index in [1.807, 2.05) is 31.2 Å². The maximum Gasteiger partial charge on any atom is 0.247 e. The van der Waals surface area contributed by atoms with Crippen LogP contribution in [-0.2, 0) is 11.2 Å². The molecule has 1 N–H and O–H groups in total. The lowest BCUT2D eigenvalue weighted by Crippen LogP contribution is -2.20. The lowest BCUT2D eigenvalue weighted by Gasteiger charge is -2.14. The molecule has 5 nitrogen and oxygen atoms in total. The van der Waals surface area contributed by atoms with E-state index in [2.05, 4.69) is 22.4 Å². The largest absolute Gasteiger partial charge is 0.421 e.